The number of likely N-dealkylation sites (N-methyl/N-ethyl adjacent to an activating group) is 1. The Kier molecular flexibility index (Phi) is 4.02. The summed E-state index contributed by atoms with van der Waals surface area (Å²) in [4.78, 5) is 28.6. The van der Waals surface area contributed by atoms with Crippen LogP contribution in [-0.4, -0.2) is 44.7 Å². The summed E-state index contributed by atoms with van der Waals surface area (Å²) in [6.07, 6.45) is -0.573. The fourth-order valence-corrected chi connectivity index (χ4v) is 4.19. The number of amides is 3. The predicted molar refractivity (Wildman–Crippen MR) is 107 cm³/mol. The third-order valence-corrected chi connectivity index (χ3v) is 5.67. The first-order valence-corrected chi connectivity index (χ1v) is 9.52. The first-order chi connectivity index (χ1) is 14.1. The maximum absolute atomic E-state index is 12.8. The highest BCUT2D eigenvalue weighted by Gasteiger charge is 2.52. The van der Waals surface area contributed by atoms with Crippen molar-refractivity contribution in [2.75, 3.05) is 11.9 Å². The molecule has 146 valence electrons. The maximum atomic E-state index is 12.8. The highest BCUT2D eigenvalue weighted by atomic mass is 35.5. The van der Waals surface area contributed by atoms with Gasteiger partial charge in [0.1, 0.15) is 6.17 Å². The molecule has 2 unspecified atom stereocenters. The van der Waals surface area contributed by atoms with Gasteiger partial charge < -0.3 is 9.80 Å². The van der Waals surface area contributed by atoms with Gasteiger partial charge in [-0.25, -0.2) is 4.79 Å². The molecule has 9 heteroatoms. The topological polar surface area (TPSA) is 83.4 Å². The molecule has 3 amide bonds. The fourth-order valence-electron chi connectivity index (χ4n) is 3.97. The molecule has 1 saturated heterocycles. The molecule has 3 heterocycles. The van der Waals surface area contributed by atoms with Gasteiger partial charge >= 0.3 is 6.03 Å². The van der Waals surface area contributed by atoms with E-state index < -0.39 is 18.2 Å². The lowest BCUT2D eigenvalue weighted by Crippen LogP contribution is -2.61. The monoisotopic (exact) mass is 408 g/mol. The van der Waals surface area contributed by atoms with Crippen molar-refractivity contribution in [3.05, 3.63) is 65.2 Å². The summed E-state index contributed by atoms with van der Waals surface area (Å²) >= 11 is 6.40. The minimum absolute atomic E-state index is 0.357. The van der Waals surface area contributed by atoms with Gasteiger partial charge in [0, 0.05) is 19.2 Å². The number of urea groups is 1. The van der Waals surface area contributed by atoms with E-state index in [9.17, 15) is 9.59 Å². The van der Waals surface area contributed by atoms with Crippen LogP contribution in [0.15, 0.2) is 54.6 Å². The van der Waals surface area contributed by atoms with E-state index >= 15 is 0 Å². The second-order valence-electron chi connectivity index (χ2n) is 7.05. The van der Waals surface area contributed by atoms with Crippen molar-refractivity contribution >= 4 is 29.5 Å². The van der Waals surface area contributed by atoms with Crippen LogP contribution in [0, 0.1) is 0 Å². The predicted octanol–water partition coefficient (Wildman–Crippen LogP) is 2.67. The Bertz CT molecular complexity index is 1120. The summed E-state index contributed by atoms with van der Waals surface area (Å²) in [6, 6.07) is 16.0. The van der Waals surface area contributed by atoms with Crippen molar-refractivity contribution in [2.45, 2.75) is 18.8 Å². The van der Waals surface area contributed by atoms with Gasteiger partial charge in [0.05, 0.1) is 5.02 Å². The van der Waals surface area contributed by atoms with E-state index in [4.69, 9.17) is 11.6 Å². The lowest BCUT2D eigenvalue weighted by molar-refractivity contribution is -0.124. The molecule has 29 heavy (non-hydrogen) atoms. The van der Waals surface area contributed by atoms with E-state index in [-0.39, 0.29) is 5.91 Å². The summed E-state index contributed by atoms with van der Waals surface area (Å²) in [5.41, 5.74) is 1.72. The minimum atomic E-state index is -0.621. The van der Waals surface area contributed by atoms with E-state index in [0.29, 0.717) is 28.9 Å². The van der Waals surface area contributed by atoms with E-state index in [1.807, 2.05) is 58.0 Å². The van der Waals surface area contributed by atoms with E-state index in [2.05, 4.69) is 15.5 Å². The Labute approximate surface area is 171 Å². The number of benzene rings is 2. The van der Waals surface area contributed by atoms with Gasteiger partial charge in [0.2, 0.25) is 5.95 Å². The molecule has 0 bridgehead atoms. The minimum Gasteiger partial charge on any atom is -0.321 e. The number of aromatic nitrogens is 3. The lowest BCUT2D eigenvalue weighted by Gasteiger charge is -2.37. The third-order valence-electron chi connectivity index (χ3n) is 5.34. The molecule has 5 rings (SSSR count). The largest absolute Gasteiger partial charge is 0.325 e. The summed E-state index contributed by atoms with van der Waals surface area (Å²) in [7, 11) is 1.66. The standard InChI is InChI=1S/C20H17ClN6O2/c1-25-18-15(17(28)22-20(25)29)26(11-12-7-3-2-4-8-12)19-24-23-16(27(18)19)13-9-5-6-10-14(13)21/h2-10,15,18H,11H2,1H3,(H,22,28,29). The summed E-state index contributed by atoms with van der Waals surface area (Å²) < 4.78 is 1.82. The highest BCUT2D eigenvalue weighted by molar-refractivity contribution is 6.33. The number of rotatable bonds is 3. The molecule has 1 N–H and O–H groups in total. The van der Waals surface area contributed by atoms with Crippen LogP contribution in [0.3, 0.4) is 0 Å². The smallest absolute Gasteiger partial charge is 0.321 e. The molecule has 2 aliphatic heterocycles. The first kappa shape index (κ1) is 17.7. The fraction of sp³-hybridized carbons (Fsp3) is 0.200. The molecule has 2 atom stereocenters. The Morgan fingerprint density at radius 1 is 1.03 bits per heavy atom. The van der Waals surface area contributed by atoms with E-state index in [0.717, 1.165) is 5.56 Å². The number of fused-ring (bicyclic) bond motifs is 3. The summed E-state index contributed by atoms with van der Waals surface area (Å²) in [5, 5.41) is 11.7. The van der Waals surface area contributed by atoms with Crippen molar-refractivity contribution in [1.82, 2.24) is 25.0 Å². The van der Waals surface area contributed by atoms with E-state index in [1.165, 1.54) is 4.90 Å². The Hall–Kier alpha value is -3.39. The van der Waals surface area contributed by atoms with Crippen LogP contribution >= 0.6 is 11.6 Å². The normalized spacial score (nSPS) is 20.5. The van der Waals surface area contributed by atoms with Crippen molar-refractivity contribution in [3.63, 3.8) is 0 Å². The van der Waals surface area contributed by atoms with Crippen molar-refractivity contribution in [1.29, 1.82) is 0 Å². The zero-order valence-electron chi connectivity index (χ0n) is 15.5. The Balaban J connectivity index is 1.67. The van der Waals surface area contributed by atoms with Gasteiger partial charge in [-0.15, -0.1) is 10.2 Å². The molecule has 0 radical (unpaired) electrons. The molecule has 2 aliphatic rings. The average Bonchev–Trinajstić information content (AvgIpc) is 3.27. The van der Waals surface area contributed by atoms with Crippen LogP contribution in [0.25, 0.3) is 11.4 Å². The number of halogens is 1. The molecular formula is C20H17ClN6O2. The molecule has 2 aromatic carbocycles. The van der Waals surface area contributed by atoms with Gasteiger partial charge in [-0.2, -0.15) is 0 Å². The molecule has 1 aromatic heterocycles. The number of hydrogen-bond donors (Lipinski definition) is 1. The molecule has 8 nitrogen and oxygen atoms in total. The van der Waals surface area contributed by atoms with Crippen LogP contribution < -0.4 is 10.2 Å². The molecule has 0 spiro atoms. The zero-order chi connectivity index (χ0) is 20.1. The summed E-state index contributed by atoms with van der Waals surface area (Å²) in [5.74, 6) is 0.686. The second-order valence-corrected chi connectivity index (χ2v) is 7.46. The SMILES string of the molecule is CN1C(=O)NC(=O)C2C1n1c(-c3ccccc3Cl)nnc1N2Cc1ccccc1. The van der Waals surface area contributed by atoms with Gasteiger partial charge in [-0.05, 0) is 17.7 Å². The molecular weight excluding hydrogens is 392 g/mol. The Morgan fingerprint density at radius 2 is 1.76 bits per heavy atom. The maximum Gasteiger partial charge on any atom is 0.325 e. The molecule has 3 aromatic rings. The zero-order valence-corrected chi connectivity index (χ0v) is 16.2. The van der Waals surface area contributed by atoms with Crippen LogP contribution in [0.4, 0.5) is 10.7 Å². The van der Waals surface area contributed by atoms with Gasteiger partial charge in [-0.1, -0.05) is 54.1 Å². The van der Waals surface area contributed by atoms with Crippen LogP contribution in [-0.2, 0) is 11.3 Å². The number of nitrogens with one attached hydrogen (secondary N) is 1. The average molecular weight is 409 g/mol. The number of hydrogen-bond acceptors (Lipinski definition) is 5. The van der Waals surface area contributed by atoms with E-state index in [1.54, 1.807) is 13.1 Å². The Morgan fingerprint density at radius 3 is 2.52 bits per heavy atom. The second kappa shape index (κ2) is 6.59. The van der Waals surface area contributed by atoms with Crippen LogP contribution in [0.2, 0.25) is 5.02 Å². The van der Waals surface area contributed by atoms with Gasteiger partial charge in [-0.3, -0.25) is 14.7 Å². The molecule has 0 aliphatic carbocycles. The number of carbonyl (C=O) groups is 2. The third kappa shape index (κ3) is 2.67. The number of anilines is 1. The van der Waals surface area contributed by atoms with Crippen molar-refractivity contribution in [2.24, 2.45) is 0 Å². The molecule has 1 fully saturated rings. The van der Waals surface area contributed by atoms with Crippen LogP contribution in [0.5, 0.6) is 0 Å². The van der Waals surface area contributed by atoms with Gasteiger partial charge in [0.15, 0.2) is 11.9 Å². The van der Waals surface area contributed by atoms with Crippen molar-refractivity contribution in [3.8, 4) is 11.4 Å². The molecule has 0 saturated carbocycles. The quantitative estimate of drug-likeness (QED) is 0.720. The van der Waals surface area contributed by atoms with Gasteiger partial charge in [0.25, 0.3) is 5.91 Å². The number of carbonyl (C=O) groups excluding carboxylic acids is 2. The summed E-state index contributed by atoms with van der Waals surface area (Å²) in [6.45, 7) is 0.456. The van der Waals surface area contributed by atoms with Crippen molar-refractivity contribution < 1.29 is 9.59 Å². The lowest BCUT2D eigenvalue weighted by atomic mass is 10.1. The first-order valence-electron chi connectivity index (χ1n) is 9.14. The number of imide groups is 1. The van der Waals surface area contributed by atoms with Crippen LogP contribution in [0.1, 0.15) is 11.7 Å². The highest BCUT2D eigenvalue weighted by Crippen LogP contribution is 2.42. The number of nitrogens with zero attached hydrogens (tertiary/aromatic N) is 5.